The lowest BCUT2D eigenvalue weighted by Gasteiger charge is -2.39. The van der Waals surface area contributed by atoms with E-state index in [2.05, 4.69) is 36.1 Å². The van der Waals surface area contributed by atoms with Crippen LogP contribution in [0.5, 0.6) is 0 Å². The standard InChI is InChI=1S/C27H30N6O/c1-26(2)13-18-14-27(3,15-26)16-33(18)25(34)30-17-8-9-19-22(12-17)32-24(21-7-5-11-29-21)23(31-19)20-6-4-10-28-20/h4-12,18,28-29H,13-16H2,1-3H3,(H,30,34)/t18-,27+/m0/s1. The Morgan fingerprint density at radius 3 is 2.29 bits per heavy atom. The summed E-state index contributed by atoms with van der Waals surface area (Å²) >= 11 is 0. The lowest BCUT2D eigenvalue weighted by molar-refractivity contribution is 0.130. The molecule has 1 saturated heterocycles. The number of hydrogen-bond acceptors (Lipinski definition) is 3. The molecular weight excluding hydrogens is 424 g/mol. The fourth-order valence-corrected chi connectivity index (χ4v) is 6.36. The van der Waals surface area contributed by atoms with Crippen LogP contribution in [0.4, 0.5) is 10.5 Å². The van der Waals surface area contributed by atoms with Crippen molar-refractivity contribution >= 4 is 22.8 Å². The number of fused-ring (bicyclic) bond motifs is 3. The zero-order valence-corrected chi connectivity index (χ0v) is 19.9. The molecule has 2 fully saturated rings. The summed E-state index contributed by atoms with van der Waals surface area (Å²) in [5.41, 5.74) is 6.11. The number of urea groups is 1. The Bertz CT molecular complexity index is 1360. The Morgan fingerprint density at radius 2 is 1.65 bits per heavy atom. The van der Waals surface area contributed by atoms with Gasteiger partial charge in [-0.05, 0) is 72.6 Å². The predicted molar refractivity (Wildman–Crippen MR) is 134 cm³/mol. The maximum atomic E-state index is 13.3. The van der Waals surface area contributed by atoms with Gasteiger partial charge in [-0.3, -0.25) is 0 Å². The highest BCUT2D eigenvalue weighted by Gasteiger charge is 2.51. The number of nitrogens with one attached hydrogen (secondary N) is 3. The average Bonchev–Trinajstić information content (AvgIpc) is 3.53. The quantitative estimate of drug-likeness (QED) is 0.352. The highest BCUT2D eigenvalue weighted by atomic mass is 16.2. The van der Waals surface area contributed by atoms with E-state index in [4.69, 9.17) is 9.97 Å². The van der Waals surface area contributed by atoms with Crippen molar-refractivity contribution in [2.24, 2.45) is 10.8 Å². The number of carbonyl (C=O) groups is 1. The second-order valence-corrected chi connectivity index (χ2v) is 11.1. The van der Waals surface area contributed by atoms with Crippen molar-refractivity contribution in [1.82, 2.24) is 24.8 Å². The van der Waals surface area contributed by atoms with Crippen LogP contribution in [-0.4, -0.2) is 43.5 Å². The summed E-state index contributed by atoms with van der Waals surface area (Å²) in [5.74, 6) is 0. The predicted octanol–water partition coefficient (Wildman–Crippen LogP) is 6.05. The first-order valence-corrected chi connectivity index (χ1v) is 12.0. The minimum atomic E-state index is -0.0219. The molecule has 1 aromatic carbocycles. The molecule has 1 aliphatic carbocycles. The number of H-pyrrole nitrogens is 2. The second-order valence-electron chi connectivity index (χ2n) is 11.1. The van der Waals surface area contributed by atoms with Gasteiger partial charge in [0, 0.05) is 30.7 Å². The molecule has 7 heteroatoms. The largest absolute Gasteiger partial charge is 0.360 e. The van der Waals surface area contributed by atoms with Gasteiger partial charge >= 0.3 is 6.03 Å². The van der Waals surface area contributed by atoms with Crippen LogP contribution in [0.1, 0.15) is 40.0 Å². The molecule has 7 nitrogen and oxygen atoms in total. The molecule has 0 spiro atoms. The second kappa shape index (κ2) is 7.45. The summed E-state index contributed by atoms with van der Waals surface area (Å²) in [7, 11) is 0. The minimum absolute atomic E-state index is 0.0219. The minimum Gasteiger partial charge on any atom is -0.360 e. The number of benzene rings is 1. The van der Waals surface area contributed by atoms with E-state index in [0.29, 0.717) is 6.04 Å². The lowest BCUT2D eigenvalue weighted by atomic mass is 9.65. The zero-order chi connectivity index (χ0) is 23.5. The van der Waals surface area contributed by atoms with Crippen LogP contribution in [0, 0.1) is 10.8 Å². The molecule has 4 aromatic rings. The SMILES string of the molecule is CC1(C)C[C@H]2C[C@@](C)(CN2C(=O)Nc2ccc3nc(-c4ccc[nH]4)c(-c4ccc[nH]4)nc3c2)C1. The number of rotatable bonds is 3. The van der Waals surface area contributed by atoms with Crippen molar-refractivity contribution in [3.8, 4) is 22.8 Å². The number of likely N-dealkylation sites (tertiary alicyclic amines) is 1. The molecule has 2 aliphatic rings. The Morgan fingerprint density at radius 1 is 0.971 bits per heavy atom. The van der Waals surface area contributed by atoms with Gasteiger partial charge < -0.3 is 20.2 Å². The number of hydrogen-bond donors (Lipinski definition) is 3. The van der Waals surface area contributed by atoms with E-state index in [-0.39, 0.29) is 16.9 Å². The van der Waals surface area contributed by atoms with Crippen LogP contribution in [0.25, 0.3) is 33.8 Å². The highest BCUT2D eigenvalue weighted by molar-refractivity contribution is 5.93. The number of nitrogens with zero attached hydrogens (tertiary/aromatic N) is 3. The molecule has 6 rings (SSSR count). The van der Waals surface area contributed by atoms with Crippen molar-refractivity contribution in [3.63, 3.8) is 0 Å². The van der Waals surface area contributed by atoms with Gasteiger partial charge in [-0.2, -0.15) is 0 Å². The van der Waals surface area contributed by atoms with E-state index in [1.807, 2.05) is 59.8 Å². The van der Waals surface area contributed by atoms with Gasteiger partial charge in [-0.1, -0.05) is 20.8 Å². The molecule has 1 aliphatic heterocycles. The Labute approximate surface area is 199 Å². The summed E-state index contributed by atoms with van der Waals surface area (Å²) < 4.78 is 0. The number of amides is 2. The van der Waals surface area contributed by atoms with Crippen LogP contribution >= 0.6 is 0 Å². The van der Waals surface area contributed by atoms with E-state index in [0.717, 1.165) is 65.3 Å². The van der Waals surface area contributed by atoms with Crippen molar-refractivity contribution < 1.29 is 4.79 Å². The molecule has 0 radical (unpaired) electrons. The molecule has 4 heterocycles. The van der Waals surface area contributed by atoms with E-state index in [1.165, 1.54) is 0 Å². The highest BCUT2D eigenvalue weighted by Crippen LogP contribution is 2.52. The molecule has 3 N–H and O–H groups in total. The summed E-state index contributed by atoms with van der Waals surface area (Å²) in [6, 6.07) is 13.9. The molecule has 1 saturated carbocycles. The van der Waals surface area contributed by atoms with Gasteiger partial charge in [-0.15, -0.1) is 0 Å². The van der Waals surface area contributed by atoms with Gasteiger partial charge in [0.2, 0.25) is 0 Å². The molecule has 174 valence electrons. The Hall–Kier alpha value is -3.61. The fraction of sp³-hybridized carbons (Fsp3) is 0.370. The molecule has 2 atom stereocenters. The Balaban J connectivity index is 1.32. The van der Waals surface area contributed by atoms with E-state index in [9.17, 15) is 4.79 Å². The third-order valence-electron chi connectivity index (χ3n) is 7.30. The number of aromatic nitrogens is 4. The zero-order valence-electron chi connectivity index (χ0n) is 19.9. The first kappa shape index (κ1) is 21.0. The van der Waals surface area contributed by atoms with Gasteiger partial charge in [0.1, 0.15) is 11.4 Å². The summed E-state index contributed by atoms with van der Waals surface area (Å²) in [6.45, 7) is 7.79. The van der Waals surface area contributed by atoms with Crippen LogP contribution in [0.3, 0.4) is 0 Å². The van der Waals surface area contributed by atoms with E-state index in [1.54, 1.807) is 0 Å². The number of aromatic amines is 2. The van der Waals surface area contributed by atoms with E-state index >= 15 is 0 Å². The van der Waals surface area contributed by atoms with Crippen LogP contribution in [0.2, 0.25) is 0 Å². The third kappa shape index (κ3) is 3.65. The first-order valence-electron chi connectivity index (χ1n) is 12.0. The maximum Gasteiger partial charge on any atom is 0.322 e. The third-order valence-corrected chi connectivity index (χ3v) is 7.30. The van der Waals surface area contributed by atoms with Crippen molar-refractivity contribution in [2.45, 2.75) is 46.1 Å². The fourth-order valence-electron chi connectivity index (χ4n) is 6.36. The summed E-state index contributed by atoms with van der Waals surface area (Å²) in [4.78, 5) is 31.7. The normalized spacial score (nSPS) is 23.4. The topological polar surface area (TPSA) is 89.7 Å². The van der Waals surface area contributed by atoms with E-state index < -0.39 is 0 Å². The molecule has 2 bridgehead atoms. The lowest BCUT2D eigenvalue weighted by Crippen LogP contribution is -2.40. The van der Waals surface area contributed by atoms with Crippen molar-refractivity contribution in [2.75, 3.05) is 11.9 Å². The average molecular weight is 455 g/mol. The first-order chi connectivity index (χ1) is 16.3. The molecular formula is C27H30N6O. The van der Waals surface area contributed by atoms with Gasteiger partial charge in [0.15, 0.2) is 0 Å². The van der Waals surface area contributed by atoms with Gasteiger partial charge in [-0.25, -0.2) is 14.8 Å². The Kier molecular flexibility index (Phi) is 4.59. The van der Waals surface area contributed by atoms with Gasteiger partial charge in [0.25, 0.3) is 0 Å². The molecule has 2 amide bonds. The molecule has 0 unspecified atom stereocenters. The maximum absolute atomic E-state index is 13.3. The molecule has 34 heavy (non-hydrogen) atoms. The summed E-state index contributed by atoms with van der Waals surface area (Å²) in [6.07, 6.45) is 7.07. The van der Waals surface area contributed by atoms with Crippen LogP contribution < -0.4 is 5.32 Å². The monoisotopic (exact) mass is 454 g/mol. The van der Waals surface area contributed by atoms with Crippen LogP contribution in [-0.2, 0) is 0 Å². The van der Waals surface area contributed by atoms with Crippen molar-refractivity contribution in [3.05, 3.63) is 54.9 Å². The molecule has 3 aromatic heterocycles. The summed E-state index contributed by atoms with van der Waals surface area (Å²) in [5, 5.41) is 3.13. The number of anilines is 1. The van der Waals surface area contributed by atoms with Crippen LogP contribution in [0.15, 0.2) is 54.9 Å². The van der Waals surface area contributed by atoms with Gasteiger partial charge in [0.05, 0.1) is 22.4 Å². The number of carbonyl (C=O) groups excluding carboxylic acids is 1. The smallest absolute Gasteiger partial charge is 0.322 e. The van der Waals surface area contributed by atoms with Crippen molar-refractivity contribution in [1.29, 1.82) is 0 Å².